The van der Waals surface area contributed by atoms with Crippen LogP contribution in [0.4, 0.5) is 5.88 Å². The van der Waals surface area contributed by atoms with Crippen molar-refractivity contribution in [1.29, 1.82) is 0 Å². The fraction of sp³-hybridized carbons (Fsp3) is 0.500. The number of nitrogens with two attached hydrogens (primary N) is 1. The number of nitrogen functional groups attached to an aromatic ring is 1. The molecule has 0 atom stereocenters. The maximum atomic E-state index is 5.39. The van der Waals surface area contributed by atoms with E-state index in [0.29, 0.717) is 11.8 Å². The van der Waals surface area contributed by atoms with Crippen molar-refractivity contribution >= 4 is 5.88 Å². The lowest BCUT2D eigenvalue weighted by molar-refractivity contribution is 0.518. The monoisotopic (exact) mass is 126 g/mol. The zero-order valence-electron chi connectivity index (χ0n) is 5.64. The van der Waals surface area contributed by atoms with Crippen molar-refractivity contribution < 1.29 is 4.42 Å². The van der Waals surface area contributed by atoms with E-state index >= 15 is 0 Å². The van der Waals surface area contributed by atoms with E-state index in [4.69, 9.17) is 10.2 Å². The van der Waals surface area contributed by atoms with Gasteiger partial charge in [-0.2, -0.15) is 0 Å². The Morgan fingerprint density at radius 1 is 1.67 bits per heavy atom. The number of rotatable bonds is 1. The van der Waals surface area contributed by atoms with Crippen LogP contribution in [0.2, 0.25) is 0 Å². The summed E-state index contributed by atoms with van der Waals surface area (Å²) in [5.41, 5.74) is 6.17. The summed E-state index contributed by atoms with van der Waals surface area (Å²) < 4.78 is 5.03. The number of hydrogen-bond donors (Lipinski definition) is 1. The SMILES string of the molecule is CCc1nc(C)c(N)o1. The van der Waals surface area contributed by atoms with Gasteiger partial charge in [-0.25, -0.2) is 4.98 Å². The number of aromatic nitrogens is 1. The van der Waals surface area contributed by atoms with E-state index < -0.39 is 0 Å². The molecule has 2 N–H and O–H groups in total. The molecule has 9 heavy (non-hydrogen) atoms. The van der Waals surface area contributed by atoms with Crippen LogP contribution in [0.3, 0.4) is 0 Å². The Bertz CT molecular complexity index is 185. The van der Waals surface area contributed by atoms with Gasteiger partial charge in [0.1, 0.15) is 5.69 Å². The highest BCUT2D eigenvalue weighted by atomic mass is 16.4. The van der Waals surface area contributed by atoms with E-state index in [0.717, 1.165) is 12.1 Å². The van der Waals surface area contributed by atoms with E-state index in [1.807, 2.05) is 13.8 Å². The second-order valence-corrected chi connectivity index (χ2v) is 1.91. The first kappa shape index (κ1) is 6.13. The van der Waals surface area contributed by atoms with Crippen LogP contribution in [0.5, 0.6) is 0 Å². The first-order valence-electron chi connectivity index (χ1n) is 2.95. The fourth-order valence-corrected chi connectivity index (χ4v) is 0.617. The average molecular weight is 126 g/mol. The van der Waals surface area contributed by atoms with Crippen molar-refractivity contribution in [3.05, 3.63) is 11.6 Å². The molecule has 0 fully saturated rings. The molecule has 0 aliphatic carbocycles. The predicted octanol–water partition coefficient (Wildman–Crippen LogP) is 1.13. The van der Waals surface area contributed by atoms with E-state index in [1.54, 1.807) is 0 Å². The number of nitrogens with zero attached hydrogens (tertiary/aromatic N) is 1. The zero-order valence-corrected chi connectivity index (χ0v) is 5.64. The van der Waals surface area contributed by atoms with E-state index in [-0.39, 0.29) is 0 Å². The van der Waals surface area contributed by atoms with E-state index in [9.17, 15) is 0 Å². The van der Waals surface area contributed by atoms with Gasteiger partial charge in [-0.15, -0.1) is 0 Å². The summed E-state index contributed by atoms with van der Waals surface area (Å²) in [6, 6.07) is 0. The fourth-order valence-electron chi connectivity index (χ4n) is 0.617. The van der Waals surface area contributed by atoms with Crippen LogP contribution >= 0.6 is 0 Å². The molecule has 50 valence electrons. The van der Waals surface area contributed by atoms with Gasteiger partial charge in [0, 0.05) is 6.42 Å². The molecule has 0 spiro atoms. The van der Waals surface area contributed by atoms with E-state index in [1.165, 1.54) is 0 Å². The molecule has 0 unspecified atom stereocenters. The third-order valence-electron chi connectivity index (χ3n) is 1.18. The number of hydrogen-bond acceptors (Lipinski definition) is 3. The Labute approximate surface area is 53.9 Å². The van der Waals surface area contributed by atoms with Gasteiger partial charge in [0.25, 0.3) is 0 Å². The van der Waals surface area contributed by atoms with Crippen LogP contribution in [0.25, 0.3) is 0 Å². The summed E-state index contributed by atoms with van der Waals surface area (Å²) in [5.74, 6) is 1.15. The van der Waals surface area contributed by atoms with Crippen molar-refractivity contribution in [2.45, 2.75) is 20.3 Å². The lowest BCUT2D eigenvalue weighted by Gasteiger charge is -1.80. The Morgan fingerprint density at radius 3 is 2.56 bits per heavy atom. The predicted molar refractivity (Wildman–Crippen MR) is 35.0 cm³/mol. The standard InChI is InChI=1S/C6H10N2O/c1-3-5-8-4(2)6(7)9-5/h3,7H2,1-2H3. The third kappa shape index (κ3) is 1.04. The highest BCUT2D eigenvalue weighted by Gasteiger charge is 2.01. The summed E-state index contributed by atoms with van der Waals surface area (Å²) in [7, 11) is 0. The van der Waals surface area contributed by atoms with Gasteiger partial charge in [0.2, 0.25) is 5.88 Å². The summed E-state index contributed by atoms with van der Waals surface area (Å²) in [6.07, 6.45) is 0.804. The van der Waals surface area contributed by atoms with Crippen molar-refractivity contribution in [1.82, 2.24) is 4.98 Å². The van der Waals surface area contributed by atoms with Gasteiger partial charge < -0.3 is 10.2 Å². The molecule has 3 nitrogen and oxygen atoms in total. The maximum absolute atomic E-state index is 5.39. The summed E-state index contributed by atoms with van der Waals surface area (Å²) in [5, 5.41) is 0. The molecule has 0 saturated heterocycles. The Balaban J connectivity index is 2.98. The minimum absolute atomic E-state index is 0.437. The molecule has 0 bridgehead atoms. The summed E-state index contributed by atoms with van der Waals surface area (Å²) in [6.45, 7) is 3.81. The summed E-state index contributed by atoms with van der Waals surface area (Å²) >= 11 is 0. The van der Waals surface area contributed by atoms with Crippen LogP contribution in [0, 0.1) is 6.92 Å². The second kappa shape index (κ2) is 2.09. The van der Waals surface area contributed by atoms with Crippen LogP contribution in [0.1, 0.15) is 18.5 Å². The molecule has 1 rings (SSSR count). The van der Waals surface area contributed by atoms with Crippen LogP contribution in [-0.4, -0.2) is 4.98 Å². The van der Waals surface area contributed by atoms with Gasteiger partial charge in [-0.3, -0.25) is 0 Å². The van der Waals surface area contributed by atoms with Crippen molar-refractivity contribution in [2.75, 3.05) is 5.73 Å². The lowest BCUT2D eigenvalue weighted by Crippen LogP contribution is -1.82. The number of oxazole rings is 1. The maximum Gasteiger partial charge on any atom is 0.214 e. The van der Waals surface area contributed by atoms with Crippen molar-refractivity contribution in [3.8, 4) is 0 Å². The molecule has 0 saturated carbocycles. The Morgan fingerprint density at radius 2 is 2.33 bits per heavy atom. The molecule has 0 amide bonds. The number of aryl methyl sites for hydroxylation is 2. The molecular formula is C6H10N2O. The molecule has 3 heteroatoms. The molecule has 1 aromatic rings. The molecular weight excluding hydrogens is 116 g/mol. The normalized spacial score (nSPS) is 10.0. The minimum Gasteiger partial charge on any atom is -0.425 e. The molecule has 1 heterocycles. The topological polar surface area (TPSA) is 52.0 Å². The van der Waals surface area contributed by atoms with E-state index in [2.05, 4.69) is 4.98 Å². The second-order valence-electron chi connectivity index (χ2n) is 1.91. The first-order valence-corrected chi connectivity index (χ1v) is 2.95. The highest BCUT2D eigenvalue weighted by molar-refractivity contribution is 5.29. The quantitative estimate of drug-likeness (QED) is 0.613. The van der Waals surface area contributed by atoms with Crippen molar-refractivity contribution in [3.63, 3.8) is 0 Å². The Kier molecular flexibility index (Phi) is 1.42. The molecule has 0 aliphatic heterocycles. The smallest absolute Gasteiger partial charge is 0.214 e. The minimum atomic E-state index is 0.437. The average Bonchev–Trinajstić information content (AvgIpc) is 2.13. The van der Waals surface area contributed by atoms with Crippen LogP contribution in [-0.2, 0) is 6.42 Å². The van der Waals surface area contributed by atoms with Gasteiger partial charge in [-0.05, 0) is 6.92 Å². The third-order valence-corrected chi connectivity index (χ3v) is 1.18. The molecule has 1 aromatic heterocycles. The first-order chi connectivity index (χ1) is 4.24. The Hall–Kier alpha value is -0.990. The van der Waals surface area contributed by atoms with Crippen LogP contribution < -0.4 is 5.73 Å². The van der Waals surface area contributed by atoms with Gasteiger partial charge >= 0.3 is 0 Å². The zero-order chi connectivity index (χ0) is 6.85. The van der Waals surface area contributed by atoms with Crippen LogP contribution in [0.15, 0.2) is 4.42 Å². The number of anilines is 1. The largest absolute Gasteiger partial charge is 0.425 e. The molecule has 0 radical (unpaired) electrons. The van der Waals surface area contributed by atoms with Gasteiger partial charge in [0.05, 0.1) is 0 Å². The van der Waals surface area contributed by atoms with Gasteiger partial charge in [-0.1, -0.05) is 6.92 Å². The highest BCUT2D eigenvalue weighted by Crippen LogP contribution is 2.11. The molecule has 0 aromatic carbocycles. The van der Waals surface area contributed by atoms with Gasteiger partial charge in [0.15, 0.2) is 5.89 Å². The van der Waals surface area contributed by atoms with Crippen molar-refractivity contribution in [2.24, 2.45) is 0 Å². The summed E-state index contributed by atoms with van der Waals surface area (Å²) in [4.78, 5) is 4.04. The molecule has 0 aliphatic rings. The lowest BCUT2D eigenvalue weighted by atomic mass is 10.5.